The Kier molecular flexibility index (Phi) is 3.95. The highest BCUT2D eigenvalue weighted by Gasteiger charge is 2.31. The molecule has 0 heterocycles. The van der Waals surface area contributed by atoms with Gasteiger partial charge in [-0.15, -0.1) is 0 Å². The first-order valence-electron chi connectivity index (χ1n) is 5.17. The van der Waals surface area contributed by atoms with Crippen molar-refractivity contribution in [2.45, 2.75) is 17.1 Å². The lowest BCUT2D eigenvalue weighted by molar-refractivity contribution is -0.127. The smallest absolute Gasteiger partial charge is 0.240 e. The summed E-state index contributed by atoms with van der Waals surface area (Å²) in [5, 5.41) is -1.28. The number of benzene rings is 1. The highest BCUT2D eigenvalue weighted by molar-refractivity contribution is 7.92. The van der Waals surface area contributed by atoms with E-state index in [4.69, 9.17) is 5.73 Å². The van der Waals surface area contributed by atoms with Crippen LogP contribution < -0.4 is 5.73 Å². The van der Waals surface area contributed by atoms with Crippen LogP contribution in [0.4, 0.5) is 10.1 Å². The number of nitrogens with two attached hydrogens (primary N) is 1. The second kappa shape index (κ2) is 4.93. The van der Waals surface area contributed by atoms with Crippen molar-refractivity contribution in [1.29, 1.82) is 0 Å². The number of carbonyl (C=O) groups is 1. The maximum Gasteiger partial charge on any atom is 0.240 e. The van der Waals surface area contributed by atoms with Crippen LogP contribution in [0.5, 0.6) is 0 Å². The molecule has 0 radical (unpaired) electrons. The first kappa shape index (κ1) is 14.4. The minimum Gasteiger partial charge on any atom is -0.399 e. The maximum absolute atomic E-state index is 13.1. The van der Waals surface area contributed by atoms with Crippen molar-refractivity contribution < 1.29 is 17.6 Å². The minimum atomic E-state index is -3.94. The summed E-state index contributed by atoms with van der Waals surface area (Å²) in [5.41, 5.74) is 5.39. The van der Waals surface area contributed by atoms with Crippen LogP contribution in [0.25, 0.3) is 0 Å². The number of halogens is 1. The molecule has 1 aromatic carbocycles. The Morgan fingerprint density at radius 3 is 2.33 bits per heavy atom. The van der Waals surface area contributed by atoms with Gasteiger partial charge in [-0.2, -0.15) is 0 Å². The summed E-state index contributed by atoms with van der Waals surface area (Å²) in [6.45, 7) is 1.26. The maximum atomic E-state index is 13.1. The summed E-state index contributed by atoms with van der Waals surface area (Å²) >= 11 is 0. The van der Waals surface area contributed by atoms with Crippen LogP contribution in [-0.4, -0.2) is 38.6 Å². The third kappa shape index (κ3) is 2.79. The Hall–Kier alpha value is -1.63. The van der Waals surface area contributed by atoms with E-state index in [2.05, 4.69) is 0 Å². The third-order valence-corrected chi connectivity index (χ3v) is 4.50. The van der Waals surface area contributed by atoms with Gasteiger partial charge < -0.3 is 10.6 Å². The van der Waals surface area contributed by atoms with Crippen LogP contribution in [0.1, 0.15) is 6.92 Å². The van der Waals surface area contributed by atoms with Crippen LogP contribution in [0.3, 0.4) is 0 Å². The van der Waals surface area contributed by atoms with Crippen molar-refractivity contribution in [3.05, 3.63) is 24.0 Å². The molecule has 5 nitrogen and oxygen atoms in total. The van der Waals surface area contributed by atoms with E-state index in [0.29, 0.717) is 0 Å². The molecule has 18 heavy (non-hydrogen) atoms. The van der Waals surface area contributed by atoms with E-state index in [1.165, 1.54) is 25.9 Å². The number of carbonyl (C=O) groups excluding carboxylic acids is 1. The van der Waals surface area contributed by atoms with Crippen molar-refractivity contribution in [3.63, 3.8) is 0 Å². The van der Waals surface area contributed by atoms with Crippen LogP contribution in [0.15, 0.2) is 23.1 Å². The fourth-order valence-corrected chi connectivity index (χ4v) is 2.91. The van der Waals surface area contributed by atoms with E-state index in [1.54, 1.807) is 0 Å². The molecule has 0 spiro atoms. The molecule has 0 fully saturated rings. The Labute approximate surface area is 105 Å². The van der Waals surface area contributed by atoms with Crippen molar-refractivity contribution >= 4 is 21.4 Å². The first-order chi connectivity index (χ1) is 8.16. The molecule has 0 aliphatic carbocycles. The standard InChI is InChI=1S/C11H15FN2O3S/c1-7(11(15)14(2)3)18(16,17)10-5-8(12)4-9(13)6-10/h4-7H,13H2,1-3H3. The van der Waals surface area contributed by atoms with Gasteiger partial charge in [0.2, 0.25) is 5.91 Å². The molecule has 0 aliphatic rings. The molecule has 1 atom stereocenters. The van der Waals surface area contributed by atoms with Crippen molar-refractivity contribution in [2.24, 2.45) is 0 Å². The zero-order valence-electron chi connectivity index (χ0n) is 10.3. The van der Waals surface area contributed by atoms with Crippen molar-refractivity contribution in [1.82, 2.24) is 4.90 Å². The molecule has 7 heteroatoms. The Bertz CT molecular complexity index is 549. The molecule has 1 unspecified atom stereocenters. The lowest BCUT2D eigenvalue weighted by Gasteiger charge is -2.17. The van der Waals surface area contributed by atoms with E-state index >= 15 is 0 Å². The molecule has 0 saturated carbocycles. The molecular formula is C11H15FN2O3S. The highest BCUT2D eigenvalue weighted by atomic mass is 32.2. The fraction of sp³-hybridized carbons (Fsp3) is 0.364. The summed E-state index contributed by atoms with van der Waals surface area (Å²) in [6, 6.07) is 3.00. The first-order valence-corrected chi connectivity index (χ1v) is 6.72. The number of hydrogen-bond donors (Lipinski definition) is 1. The predicted molar refractivity (Wildman–Crippen MR) is 66.2 cm³/mol. The molecule has 0 bridgehead atoms. The van der Waals surface area contributed by atoms with Gasteiger partial charge in [0.1, 0.15) is 11.1 Å². The largest absolute Gasteiger partial charge is 0.399 e. The second-order valence-electron chi connectivity index (χ2n) is 4.14. The SMILES string of the molecule is CC(C(=O)N(C)C)S(=O)(=O)c1cc(N)cc(F)c1. The van der Waals surface area contributed by atoms with Gasteiger partial charge in [0, 0.05) is 19.8 Å². The summed E-state index contributed by atoms with van der Waals surface area (Å²) in [4.78, 5) is 12.5. The summed E-state index contributed by atoms with van der Waals surface area (Å²) in [7, 11) is -1.03. The minimum absolute atomic E-state index is 0.00178. The van der Waals surface area contributed by atoms with E-state index < -0.39 is 26.8 Å². The average Bonchev–Trinajstić information content (AvgIpc) is 2.25. The lowest BCUT2D eigenvalue weighted by atomic mass is 10.3. The Balaban J connectivity index is 3.25. The van der Waals surface area contributed by atoms with Gasteiger partial charge >= 0.3 is 0 Å². The van der Waals surface area contributed by atoms with Gasteiger partial charge in [0.15, 0.2) is 9.84 Å². The van der Waals surface area contributed by atoms with Gasteiger partial charge in [-0.1, -0.05) is 0 Å². The van der Waals surface area contributed by atoms with Gasteiger partial charge in [-0.3, -0.25) is 4.79 Å². The third-order valence-electron chi connectivity index (χ3n) is 2.48. The molecule has 0 aromatic heterocycles. The number of anilines is 1. The lowest BCUT2D eigenvalue weighted by Crippen LogP contribution is -2.37. The summed E-state index contributed by atoms with van der Waals surface area (Å²) in [6.07, 6.45) is 0. The highest BCUT2D eigenvalue weighted by Crippen LogP contribution is 2.21. The van der Waals surface area contributed by atoms with E-state index in [1.807, 2.05) is 0 Å². The molecule has 0 saturated heterocycles. The molecular weight excluding hydrogens is 259 g/mol. The number of nitrogens with zero attached hydrogens (tertiary/aromatic N) is 1. The zero-order valence-corrected chi connectivity index (χ0v) is 11.2. The van der Waals surface area contributed by atoms with Gasteiger partial charge in [-0.05, 0) is 25.1 Å². The van der Waals surface area contributed by atoms with Crippen LogP contribution in [0, 0.1) is 5.82 Å². The Morgan fingerprint density at radius 2 is 1.89 bits per heavy atom. The van der Waals surface area contributed by atoms with E-state index in [9.17, 15) is 17.6 Å². The Morgan fingerprint density at radius 1 is 1.33 bits per heavy atom. The van der Waals surface area contributed by atoms with Gasteiger partial charge in [0.25, 0.3) is 0 Å². The number of sulfone groups is 1. The molecule has 1 rings (SSSR count). The molecule has 100 valence electrons. The molecule has 1 aromatic rings. The average molecular weight is 274 g/mol. The monoisotopic (exact) mass is 274 g/mol. The number of amides is 1. The topological polar surface area (TPSA) is 80.5 Å². The zero-order chi connectivity index (χ0) is 14.1. The van der Waals surface area contributed by atoms with E-state index in [-0.39, 0.29) is 10.6 Å². The predicted octanol–water partition coefficient (Wildman–Crippen LogP) is 0.658. The van der Waals surface area contributed by atoms with Crippen molar-refractivity contribution in [3.8, 4) is 0 Å². The molecule has 2 N–H and O–H groups in total. The van der Waals surface area contributed by atoms with Crippen molar-refractivity contribution in [2.75, 3.05) is 19.8 Å². The van der Waals surface area contributed by atoms with E-state index in [0.717, 1.165) is 18.2 Å². The van der Waals surface area contributed by atoms with Gasteiger partial charge in [0.05, 0.1) is 4.90 Å². The second-order valence-corrected chi connectivity index (χ2v) is 6.41. The van der Waals surface area contributed by atoms with Gasteiger partial charge in [-0.25, -0.2) is 12.8 Å². The summed E-state index contributed by atoms with van der Waals surface area (Å²) in [5.74, 6) is -1.32. The van der Waals surface area contributed by atoms with Crippen LogP contribution in [0.2, 0.25) is 0 Å². The van der Waals surface area contributed by atoms with Crippen LogP contribution >= 0.6 is 0 Å². The number of nitrogen functional groups attached to an aromatic ring is 1. The molecule has 1 amide bonds. The number of rotatable bonds is 3. The fourth-order valence-electron chi connectivity index (χ4n) is 1.45. The number of hydrogen-bond acceptors (Lipinski definition) is 4. The molecule has 0 aliphatic heterocycles. The van der Waals surface area contributed by atoms with Crippen LogP contribution in [-0.2, 0) is 14.6 Å². The normalized spacial score (nSPS) is 13.1. The quantitative estimate of drug-likeness (QED) is 0.821. The summed E-state index contributed by atoms with van der Waals surface area (Å²) < 4.78 is 37.4.